The van der Waals surface area contributed by atoms with Crippen LogP contribution in [-0.2, 0) is 15.6 Å². The minimum Gasteiger partial charge on any atom is -0.468 e. The van der Waals surface area contributed by atoms with Gasteiger partial charge in [0.2, 0.25) is 0 Å². The summed E-state index contributed by atoms with van der Waals surface area (Å²) in [5.41, 5.74) is 0.768. The van der Waals surface area contributed by atoms with E-state index in [4.69, 9.17) is 4.42 Å². The monoisotopic (exact) mass is 455 g/mol. The Bertz CT molecular complexity index is 1210. The van der Waals surface area contributed by atoms with Crippen LogP contribution in [0, 0.1) is 5.82 Å². The number of hydrogen-bond acceptors (Lipinski definition) is 5. The van der Waals surface area contributed by atoms with Crippen molar-refractivity contribution < 1.29 is 26.8 Å². The Balaban J connectivity index is 1.47. The van der Waals surface area contributed by atoms with Crippen LogP contribution >= 0.6 is 0 Å². The SMILES string of the molecule is O=C(c1ccc(F)cc1)c1ccccc1C(=O)N1CCC(S(=O)(=O)Cc2ccco2)CC1. The number of furan rings is 1. The van der Waals surface area contributed by atoms with Gasteiger partial charge in [0.05, 0.1) is 17.1 Å². The highest BCUT2D eigenvalue weighted by atomic mass is 32.2. The van der Waals surface area contributed by atoms with Gasteiger partial charge in [0.25, 0.3) is 5.91 Å². The maximum Gasteiger partial charge on any atom is 0.254 e. The number of likely N-dealkylation sites (tertiary alicyclic amines) is 1. The van der Waals surface area contributed by atoms with Crippen molar-refractivity contribution >= 4 is 21.5 Å². The zero-order valence-corrected chi connectivity index (χ0v) is 18.1. The van der Waals surface area contributed by atoms with Gasteiger partial charge in [0, 0.05) is 24.2 Å². The van der Waals surface area contributed by atoms with E-state index in [0.717, 1.165) is 0 Å². The fourth-order valence-electron chi connectivity index (χ4n) is 3.92. The third-order valence-corrected chi connectivity index (χ3v) is 7.84. The first-order valence-corrected chi connectivity index (χ1v) is 12.0. The van der Waals surface area contributed by atoms with Gasteiger partial charge in [0.1, 0.15) is 17.3 Å². The van der Waals surface area contributed by atoms with Crippen LogP contribution < -0.4 is 0 Å². The molecule has 0 saturated carbocycles. The molecular weight excluding hydrogens is 433 g/mol. The molecule has 1 aromatic heterocycles. The number of amides is 1. The average molecular weight is 456 g/mol. The molecule has 4 rings (SSSR count). The van der Waals surface area contributed by atoms with E-state index in [1.807, 2.05) is 0 Å². The zero-order valence-electron chi connectivity index (χ0n) is 17.2. The number of piperidine rings is 1. The van der Waals surface area contributed by atoms with Crippen molar-refractivity contribution in [1.29, 1.82) is 0 Å². The second kappa shape index (κ2) is 9.08. The summed E-state index contributed by atoms with van der Waals surface area (Å²) in [6.07, 6.45) is 2.09. The van der Waals surface area contributed by atoms with Crippen molar-refractivity contribution in [2.45, 2.75) is 23.8 Å². The maximum absolute atomic E-state index is 13.2. The molecule has 1 fully saturated rings. The van der Waals surface area contributed by atoms with E-state index in [-0.39, 0.29) is 47.2 Å². The molecule has 1 saturated heterocycles. The van der Waals surface area contributed by atoms with Crippen molar-refractivity contribution in [1.82, 2.24) is 4.90 Å². The molecule has 32 heavy (non-hydrogen) atoms. The number of sulfone groups is 1. The molecule has 1 aliphatic heterocycles. The highest BCUT2D eigenvalue weighted by Gasteiger charge is 2.33. The summed E-state index contributed by atoms with van der Waals surface area (Å²) in [6, 6.07) is 14.9. The van der Waals surface area contributed by atoms with Crippen molar-refractivity contribution in [3.63, 3.8) is 0 Å². The minimum atomic E-state index is -3.40. The molecule has 166 valence electrons. The van der Waals surface area contributed by atoms with Crippen molar-refractivity contribution in [2.75, 3.05) is 13.1 Å². The van der Waals surface area contributed by atoms with Gasteiger partial charge in [-0.15, -0.1) is 0 Å². The van der Waals surface area contributed by atoms with Gasteiger partial charge < -0.3 is 9.32 Å². The molecule has 0 bridgehead atoms. The van der Waals surface area contributed by atoms with Crippen LogP contribution in [0.4, 0.5) is 4.39 Å². The van der Waals surface area contributed by atoms with Gasteiger partial charge in [-0.2, -0.15) is 0 Å². The first-order valence-electron chi connectivity index (χ1n) is 10.3. The van der Waals surface area contributed by atoms with Gasteiger partial charge in [0.15, 0.2) is 15.6 Å². The summed E-state index contributed by atoms with van der Waals surface area (Å²) in [7, 11) is -3.40. The standard InChI is InChI=1S/C24H22FNO5S/c25-18-9-7-17(8-10-18)23(27)21-5-1-2-6-22(21)24(28)26-13-11-20(12-14-26)32(29,30)16-19-4-3-15-31-19/h1-10,15,20H,11-14,16H2. The highest BCUT2D eigenvalue weighted by molar-refractivity contribution is 7.91. The van der Waals surface area contributed by atoms with Crippen LogP contribution in [0.2, 0.25) is 0 Å². The molecule has 3 aromatic rings. The molecule has 0 N–H and O–H groups in total. The number of halogens is 1. The lowest BCUT2D eigenvalue weighted by atomic mass is 9.97. The predicted molar refractivity (Wildman–Crippen MR) is 117 cm³/mol. The van der Waals surface area contributed by atoms with Gasteiger partial charge in [-0.25, -0.2) is 12.8 Å². The Morgan fingerprint density at radius 3 is 2.22 bits per heavy atom. The Hall–Kier alpha value is -3.26. The Labute approximate surface area is 185 Å². The number of nitrogens with zero attached hydrogens (tertiary/aromatic N) is 1. The van der Waals surface area contributed by atoms with Crippen LogP contribution in [-0.4, -0.2) is 43.3 Å². The largest absolute Gasteiger partial charge is 0.468 e. The molecule has 0 aliphatic carbocycles. The van der Waals surface area contributed by atoms with Crippen LogP contribution in [0.25, 0.3) is 0 Å². The quantitative estimate of drug-likeness (QED) is 0.527. The fourth-order valence-corrected chi connectivity index (χ4v) is 5.65. The van der Waals surface area contributed by atoms with E-state index in [2.05, 4.69) is 0 Å². The number of carbonyl (C=O) groups is 2. The van der Waals surface area contributed by atoms with Crippen LogP contribution in [0.5, 0.6) is 0 Å². The molecule has 1 amide bonds. The number of rotatable bonds is 6. The molecular formula is C24H22FNO5S. The van der Waals surface area contributed by atoms with E-state index in [1.165, 1.54) is 30.5 Å². The maximum atomic E-state index is 13.2. The Morgan fingerprint density at radius 1 is 0.938 bits per heavy atom. The number of benzene rings is 2. The molecule has 2 heterocycles. The highest BCUT2D eigenvalue weighted by Crippen LogP contribution is 2.24. The lowest BCUT2D eigenvalue weighted by molar-refractivity contribution is 0.0721. The van der Waals surface area contributed by atoms with E-state index in [0.29, 0.717) is 18.6 Å². The lowest BCUT2D eigenvalue weighted by Gasteiger charge is -2.32. The van der Waals surface area contributed by atoms with Crippen molar-refractivity contribution in [2.24, 2.45) is 0 Å². The summed E-state index contributed by atoms with van der Waals surface area (Å²) < 4.78 is 43.7. The summed E-state index contributed by atoms with van der Waals surface area (Å²) in [5.74, 6) is -0.900. The molecule has 0 unspecified atom stereocenters. The van der Waals surface area contributed by atoms with E-state index in [9.17, 15) is 22.4 Å². The molecule has 1 aliphatic rings. The Kier molecular flexibility index (Phi) is 6.23. The van der Waals surface area contributed by atoms with Crippen molar-refractivity contribution in [3.8, 4) is 0 Å². The minimum absolute atomic E-state index is 0.159. The van der Waals surface area contributed by atoms with Crippen LogP contribution in [0.1, 0.15) is 44.9 Å². The third-order valence-electron chi connectivity index (χ3n) is 5.67. The van der Waals surface area contributed by atoms with Gasteiger partial charge in [-0.05, 0) is 55.3 Å². The summed E-state index contributed by atoms with van der Waals surface area (Å²) in [5, 5.41) is -0.548. The fraction of sp³-hybridized carbons (Fsp3) is 0.250. The molecule has 0 radical (unpaired) electrons. The molecule has 8 heteroatoms. The van der Waals surface area contributed by atoms with Crippen LogP contribution in [0.15, 0.2) is 71.3 Å². The molecule has 6 nitrogen and oxygen atoms in total. The van der Waals surface area contributed by atoms with Crippen LogP contribution in [0.3, 0.4) is 0 Å². The first kappa shape index (κ1) is 22.0. The molecule has 0 atom stereocenters. The molecule has 0 spiro atoms. The third kappa shape index (κ3) is 4.65. The summed E-state index contributed by atoms with van der Waals surface area (Å²) in [6.45, 7) is 0.555. The van der Waals surface area contributed by atoms with Gasteiger partial charge in [-0.3, -0.25) is 9.59 Å². The summed E-state index contributed by atoms with van der Waals surface area (Å²) in [4.78, 5) is 27.7. The first-order chi connectivity index (χ1) is 15.3. The zero-order chi connectivity index (χ0) is 22.7. The van der Waals surface area contributed by atoms with E-state index >= 15 is 0 Å². The number of carbonyl (C=O) groups excluding carboxylic acids is 2. The topological polar surface area (TPSA) is 84.7 Å². The second-order valence-corrected chi connectivity index (χ2v) is 10.0. The number of hydrogen-bond donors (Lipinski definition) is 0. The van der Waals surface area contributed by atoms with Gasteiger partial charge >= 0.3 is 0 Å². The number of ketones is 1. The second-order valence-electron chi connectivity index (χ2n) is 7.76. The van der Waals surface area contributed by atoms with E-state index in [1.54, 1.807) is 41.3 Å². The smallest absolute Gasteiger partial charge is 0.254 e. The lowest BCUT2D eigenvalue weighted by Crippen LogP contribution is -2.43. The van der Waals surface area contributed by atoms with E-state index < -0.39 is 20.9 Å². The summed E-state index contributed by atoms with van der Waals surface area (Å²) >= 11 is 0. The normalized spacial score (nSPS) is 15.0. The molecule has 2 aromatic carbocycles. The Morgan fingerprint density at radius 2 is 1.59 bits per heavy atom. The van der Waals surface area contributed by atoms with Crippen molar-refractivity contribution in [3.05, 3.63) is 95.2 Å². The average Bonchev–Trinajstić information content (AvgIpc) is 3.31. The van der Waals surface area contributed by atoms with Gasteiger partial charge in [-0.1, -0.05) is 18.2 Å². The predicted octanol–water partition coefficient (Wildman–Crippen LogP) is 3.87.